The number of halogens is 2. The van der Waals surface area contributed by atoms with Gasteiger partial charge in [-0.15, -0.1) is 0 Å². The lowest BCUT2D eigenvalue weighted by Crippen LogP contribution is -2.46. The van der Waals surface area contributed by atoms with E-state index in [2.05, 4.69) is 9.28 Å². The molecule has 0 fully saturated rings. The van der Waals surface area contributed by atoms with Crippen LogP contribution in [0.25, 0.3) is 21.8 Å². The molecule has 1 aromatic heterocycles. The first-order valence-corrected chi connectivity index (χ1v) is 9.68. The monoisotopic (exact) mass is 418 g/mol. The van der Waals surface area contributed by atoms with Crippen molar-refractivity contribution >= 4 is 55.4 Å². The Balaban J connectivity index is 0.000000298. The Morgan fingerprint density at radius 2 is 1.65 bits per heavy atom. The summed E-state index contributed by atoms with van der Waals surface area (Å²) in [7, 11) is -4.42. The molecule has 1 heterocycles. The second-order valence-electron chi connectivity index (χ2n) is 4.93. The van der Waals surface area contributed by atoms with Crippen LogP contribution in [0.4, 0.5) is 0 Å². The zero-order chi connectivity index (χ0) is 19.3. The van der Waals surface area contributed by atoms with E-state index in [1.807, 2.05) is 43.3 Å². The van der Waals surface area contributed by atoms with Gasteiger partial charge in [0, 0.05) is 21.5 Å². The van der Waals surface area contributed by atoms with Gasteiger partial charge in [0.05, 0.1) is 17.1 Å². The fourth-order valence-electron chi connectivity index (χ4n) is 2.22. The smallest absolute Gasteiger partial charge is 0.297 e. The number of nitrogens with zero attached hydrogens (tertiary/aromatic N) is 2. The molecular weight excluding hydrogens is 403 g/mol. The molecule has 0 aliphatic heterocycles. The summed E-state index contributed by atoms with van der Waals surface area (Å²) in [5.41, 5.74) is 1.67. The molecule has 0 N–H and O–H groups in total. The van der Waals surface area contributed by atoms with Crippen molar-refractivity contribution in [2.75, 3.05) is 13.2 Å². The minimum absolute atomic E-state index is 0.0914. The van der Waals surface area contributed by atoms with E-state index in [0.717, 1.165) is 21.8 Å². The largest absolute Gasteiger partial charge is 0.726 e. The highest BCUT2D eigenvalue weighted by atomic mass is 35.5. The van der Waals surface area contributed by atoms with Crippen molar-refractivity contribution in [3.8, 4) is 0 Å². The van der Waals surface area contributed by atoms with Gasteiger partial charge in [0.25, 0.3) is 5.52 Å². The molecule has 0 spiro atoms. The van der Waals surface area contributed by atoms with E-state index in [1.165, 1.54) is 11.8 Å². The average molecular weight is 419 g/mol. The number of benzene rings is 2. The Labute approximate surface area is 161 Å². The first-order valence-electron chi connectivity index (χ1n) is 7.59. The maximum Gasteiger partial charge on any atom is 0.297 e. The van der Waals surface area contributed by atoms with Gasteiger partial charge < -0.3 is 4.55 Å². The van der Waals surface area contributed by atoms with Crippen LogP contribution >= 0.6 is 23.2 Å². The normalized spacial score (nSPS) is 11.3. The molecule has 3 rings (SSSR count). The third-order valence-electron chi connectivity index (χ3n) is 3.13. The summed E-state index contributed by atoms with van der Waals surface area (Å²) in [5.74, 6) is 0. The Hall–Kier alpha value is -1.71. The van der Waals surface area contributed by atoms with Crippen molar-refractivity contribution in [1.82, 2.24) is 5.10 Å². The van der Waals surface area contributed by atoms with Crippen molar-refractivity contribution in [2.45, 2.75) is 13.8 Å². The summed E-state index contributed by atoms with van der Waals surface area (Å²) in [5, 5.41) is 7.72. The minimum Gasteiger partial charge on any atom is -0.726 e. The Bertz CT molecular complexity index is 1030. The second kappa shape index (κ2) is 8.79. The van der Waals surface area contributed by atoms with E-state index in [1.54, 1.807) is 0 Å². The van der Waals surface area contributed by atoms with E-state index in [0.29, 0.717) is 16.7 Å². The summed E-state index contributed by atoms with van der Waals surface area (Å²) in [4.78, 5) is 7.06. The summed E-state index contributed by atoms with van der Waals surface area (Å²) in [6.45, 7) is 3.79. The van der Waals surface area contributed by atoms with Gasteiger partial charge in [0.1, 0.15) is 10.4 Å². The number of fused-ring (bicyclic) bond motifs is 3. The molecule has 0 saturated heterocycles. The SMILES string of the molecule is CCOS(=O)(=O)[O-].CCO[n+]1nc2ccc(Cl)cc2c2cc(Cl)ccc21. The van der Waals surface area contributed by atoms with Crippen molar-refractivity contribution < 1.29 is 26.8 Å². The maximum atomic E-state index is 9.45. The molecule has 0 radical (unpaired) electrons. The third kappa shape index (κ3) is 5.39. The van der Waals surface area contributed by atoms with Crippen molar-refractivity contribution in [2.24, 2.45) is 0 Å². The quantitative estimate of drug-likeness (QED) is 0.280. The van der Waals surface area contributed by atoms with Gasteiger partial charge in [-0.3, -0.25) is 4.18 Å². The summed E-state index contributed by atoms with van der Waals surface area (Å²) >= 11 is 12.1. The number of aromatic nitrogens is 2. The molecule has 0 aliphatic carbocycles. The summed E-state index contributed by atoms with van der Waals surface area (Å²) in [6, 6.07) is 11.2. The van der Waals surface area contributed by atoms with Gasteiger partial charge in [-0.1, -0.05) is 23.2 Å². The van der Waals surface area contributed by atoms with Crippen molar-refractivity contribution in [3.05, 3.63) is 46.4 Å². The molecule has 0 bridgehead atoms. The molecular formula is C16H16Cl2N2O5S. The number of hydrogen-bond acceptors (Lipinski definition) is 6. The Morgan fingerprint density at radius 1 is 1.04 bits per heavy atom. The number of hydrogen-bond donors (Lipinski definition) is 0. The highest BCUT2D eigenvalue weighted by Gasteiger charge is 2.17. The van der Waals surface area contributed by atoms with Crippen LogP contribution in [0.3, 0.4) is 0 Å². The molecule has 0 atom stereocenters. The van der Waals surface area contributed by atoms with E-state index in [4.69, 9.17) is 28.0 Å². The molecule has 3 aromatic rings. The van der Waals surface area contributed by atoms with Crippen LogP contribution < -0.4 is 9.68 Å². The van der Waals surface area contributed by atoms with Crippen molar-refractivity contribution in [1.29, 1.82) is 0 Å². The maximum absolute atomic E-state index is 9.45. The van der Waals surface area contributed by atoms with Crippen LogP contribution in [-0.4, -0.2) is 31.3 Å². The van der Waals surface area contributed by atoms with Crippen LogP contribution in [-0.2, 0) is 14.6 Å². The molecule has 0 amide bonds. The lowest BCUT2D eigenvalue weighted by molar-refractivity contribution is -0.913. The minimum atomic E-state index is -4.42. The predicted octanol–water partition coefficient (Wildman–Crippen LogP) is 2.91. The van der Waals surface area contributed by atoms with Crippen LogP contribution in [0.5, 0.6) is 0 Å². The molecule has 10 heteroatoms. The van der Waals surface area contributed by atoms with Gasteiger partial charge in [0.15, 0.2) is 6.61 Å². The molecule has 0 saturated carbocycles. The molecule has 2 aromatic carbocycles. The lowest BCUT2D eigenvalue weighted by Gasteiger charge is -2.02. The van der Waals surface area contributed by atoms with Crippen LogP contribution in [0, 0.1) is 0 Å². The standard InChI is InChI=1S/C14H11Cl2N2O.C2H6O4S/c1-2-19-18-14-6-4-10(16)8-12(14)11-7-9(15)3-5-13(11)17-18;1-2-6-7(3,4)5/h3-8H,2H2,1H3;2H2,1H3,(H,3,4,5)/q+1;/p-1. The molecule has 7 nitrogen and oxygen atoms in total. The zero-order valence-corrected chi connectivity index (χ0v) is 16.3. The Morgan fingerprint density at radius 3 is 2.19 bits per heavy atom. The Kier molecular flexibility index (Phi) is 6.96. The topological polar surface area (TPSA) is 92.4 Å². The number of rotatable bonds is 4. The van der Waals surface area contributed by atoms with Gasteiger partial charge in [-0.25, -0.2) is 13.3 Å². The first kappa shape index (κ1) is 20.6. The second-order valence-corrected chi connectivity index (χ2v) is 6.85. The van der Waals surface area contributed by atoms with Crippen LogP contribution in [0.1, 0.15) is 13.8 Å². The van der Waals surface area contributed by atoms with Crippen molar-refractivity contribution in [3.63, 3.8) is 0 Å². The predicted molar refractivity (Wildman–Crippen MR) is 97.9 cm³/mol. The van der Waals surface area contributed by atoms with Crippen LogP contribution in [0.2, 0.25) is 10.0 Å². The van der Waals surface area contributed by atoms with Gasteiger partial charge >= 0.3 is 0 Å². The van der Waals surface area contributed by atoms with Gasteiger partial charge in [0.2, 0.25) is 10.4 Å². The summed E-state index contributed by atoms with van der Waals surface area (Å²) < 4.78 is 32.0. The molecule has 0 aliphatic rings. The summed E-state index contributed by atoms with van der Waals surface area (Å²) in [6.07, 6.45) is 0. The lowest BCUT2D eigenvalue weighted by atomic mass is 10.1. The van der Waals surface area contributed by atoms with Crippen LogP contribution in [0.15, 0.2) is 36.4 Å². The molecule has 26 heavy (non-hydrogen) atoms. The van der Waals surface area contributed by atoms with Gasteiger partial charge in [-0.2, -0.15) is 0 Å². The fraction of sp³-hybridized carbons (Fsp3) is 0.250. The fourth-order valence-corrected chi connectivity index (χ4v) is 2.85. The van der Waals surface area contributed by atoms with Gasteiger partial charge in [-0.05, 0) is 44.2 Å². The highest BCUT2D eigenvalue weighted by molar-refractivity contribution is 7.80. The first-order chi connectivity index (χ1) is 12.2. The van der Waals surface area contributed by atoms with E-state index >= 15 is 0 Å². The molecule has 140 valence electrons. The third-order valence-corrected chi connectivity index (χ3v) is 4.12. The van der Waals surface area contributed by atoms with E-state index in [-0.39, 0.29) is 6.61 Å². The highest BCUT2D eigenvalue weighted by Crippen LogP contribution is 2.26. The van der Waals surface area contributed by atoms with E-state index in [9.17, 15) is 13.0 Å². The average Bonchev–Trinajstić information content (AvgIpc) is 2.55. The zero-order valence-electron chi connectivity index (χ0n) is 14.0. The van der Waals surface area contributed by atoms with E-state index < -0.39 is 10.4 Å². The molecule has 0 unspecified atom stereocenters.